The zero-order chi connectivity index (χ0) is 20.4. The van der Waals surface area contributed by atoms with E-state index in [0.29, 0.717) is 11.6 Å². The van der Waals surface area contributed by atoms with Crippen molar-refractivity contribution in [3.05, 3.63) is 77.1 Å². The van der Waals surface area contributed by atoms with Crippen LogP contribution in [0, 0.1) is 5.82 Å². The van der Waals surface area contributed by atoms with Crippen molar-refractivity contribution in [1.29, 1.82) is 0 Å². The van der Waals surface area contributed by atoms with Crippen LogP contribution in [-0.2, 0) is 6.18 Å². The SMILES string of the molecule is C=C(N)N=C(/C(=C(/C)N)c1ccc(N)nc1)c1cccc(C(F)(F)F)c1F. The lowest BCUT2D eigenvalue weighted by molar-refractivity contribution is -0.140. The molecule has 1 aromatic carbocycles. The predicted octanol–water partition coefficient (Wildman–Crippen LogP) is 3.43. The van der Waals surface area contributed by atoms with Crippen LogP contribution in [-0.4, -0.2) is 10.7 Å². The molecule has 27 heavy (non-hydrogen) atoms. The van der Waals surface area contributed by atoms with Crippen LogP contribution in [0.3, 0.4) is 0 Å². The number of rotatable bonds is 4. The van der Waals surface area contributed by atoms with Gasteiger partial charge in [0.2, 0.25) is 0 Å². The summed E-state index contributed by atoms with van der Waals surface area (Å²) in [7, 11) is 0. The van der Waals surface area contributed by atoms with E-state index in [-0.39, 0.29) is 28.6 Å². The molecule has 142 valence electrons. The number of hydrogen-bond donors (Lipinski definition) is 3. The number of pyridine rings is 1. The van der Waals surface area contributed by atoms with Crippen LogP contribution in [0.5, 0.6) is 0 Å². The number of nitrogens with two attached hydrogens (primary N) is 3. The quantitative estimate of drug-likeness (QED) is 0.559. The Hall–Kier alpha value is -3.36. The number of benzene rings is 1. The Kier molecular flexibility index (Phi) is 5.53. The highest BCUT2D eigenvalue weighted by atomic mass is 19.4. The first-order chi connectivity index (χ1) is 12.5. The van der Waals surface area contributed by atoms with Crippen molar-refractivity contribution in [3.63, 3.8) is 0 Å². The van der Waals surface area contributed by atoms with Gasteiger partial charge in [0.05, 0.1) is 11.3 Å². The standard InChI is InChI=1S/C18H17F4N5/c1-9(23)15(11-6-7-14(25)26-8-11)17(27-10(2)24)12-4-3-5-13(16(12)19)18(20,21)22/h3-8H,2,23-24H2,1H3,(H2,25,26)/b15-9-,27-17?. The van der Waals surface area contributed by atoms with E-state index in [2.05, 4.69) is 16.6 Å². The van der Waals surface area contributed by atoms with Gasteiger partial charge in [0.15, 0.2) is 0 Å². The third-order valence-electron chi connectivity index (χ3n) is 3.52. The maximum absolute atomic E-state index is 14.7. The summed E-state index contributed by atoms with van der Waals surface area (Å²) in [6.45, 7) is 4.91. The van der Waals surface area contributed by atoms with Gasteiger partial charge in [0, 0.05) is 28.6 Å². The summed E-state index contributed by atoms with van der Waals surface area (Å²) in [4.78, 5) is 7.87. The average Bonchev–Trinajstić information content (AvgIpc) is 2.54. The van der Waals surface area contributed by atoms with E-state index in [1.54, 1.807) is 0 Å². The first kappa shape index (κ1) is 20.0. The molecular weight excluding hydrogens is 362 g/mol. The second kappa shape index (κ2) is 7.48. The Morgan fingerprint density at radius 3 is 2.30 bits per heavy atom. The molecule has 1 heterocycles. The number of nitrogen functional groups attached to an aromatic ring is 1. The molecule has 0 unspecified atom stereocenters. The first-order valence-electron chi connectivity index (χ1n) is 7.60. The van der Waals surface area contributed by atoms with Gasteiger partial charge >= 0.3 is 6.18 Å². The third kappa shape index (κ3) is 4.43. The average molecular weight is 379 g/mol. The zero-order valence-electron chi connectivity index (χ0n) is 14.3. The highest BCUT2D eigenvalue weighted by molar-refractivity contribution is 6.32. The maximum atomic E-state index is 14.7. The molecule has 6 N–H and O–H groups in total. The molecule has 0 atom stereocenters. The summed E-state index contributed by atoms with van der Waals surface area (Å²) in [5.74, 6) is -1.50. The van der Waals surface area contributed by atoms with E-state index in [0.717, 1.165) is 12.1 Å². The molecule has 2 rings (SSSR count). The minimum absolute atomic E-state index is 0.160. The molecular formula is C18H17F4N5. The smallest absolute Gasteiger partial charge is 0.402 e. The van der Waals surface area contributed by atoms with Crippen molar-refractivity contribution in [1.82, 2.24) is 4.98 Å². The van der Waals surface area contributed by atoms with Crippen molar-refractivity contribution in [3.8, 4) is 0 Å². The number of nitrogens with zero attached hydrogens (tertiary/aromatic N) is 2. The van der Waals surface area contributed by atoms with Gasteiger partial charge in [-0.1, -0.05) is 12.6 Å². The summed E-state index contributed by atoms with van der Waals surface area (Å²) < 4.78 is 54.0. The number of halogens is 4. The molecule has 0 radical (unpaired) electrons. The fourth-order valence-electron chi connectivity index (χ4n) is 2.43. The van der Waals surface area contributed by atoms with Gasteiger partial charge in [0.25, 0.3) is 0 Å². The number of allylic oxidation sites excluding steroid dienone is 2. The molecule has 0 bridgehead atoms. The fourth-order valence-corrected chi connectivity index (χ4v) is 2.43. The van der Waals surface area contributed by atoms with Crippen LogP contribution in [0.15, 0.2) is 59.6 Å². The van der Waals surface area contributed by atoms with Gasteiger partial charge in [-0.15, -0.1) is 0 Å². The molecule has 0 fully saturated rings. The molecule has 1 aromatic heterocycles. The summed E-state index contributed by atoms with van der Waals surface area (Å²) in [6, 6.07) is 5.86. The fraction of sp³-hybridized carbons (Fsp3) is 0.111. The van der Waals surface area contributed by atoms with E-state index in [1.807, 2.05) is 0 Å². The summed E-state index contributed by atoms with van der Waals surface area (Å²) in [5.41, 5.74) is 15.6. The molecule has 0 saturated carbocycles. The Morgan fingerprint density at radius 2 is 1.81 bits per heavy atom. The second-order valence-corrected chi connectivity index (χ2v) is 5.65. The largest absolute Gasteiger partial charge is 0.419 e. The first-order valence-corrected chi connectivity index (χ1v) is 7.60. The van der Waals surface area contributed by atoms with Crippen LogP contribution in [0.1, 0.15) is 23.6 Å². The normalized spacial score (nSPS) is 13.3. The van der Waals surface area contributed by atoms with Crippen molar-refractivity contribution in [2.75, 3.05) is 5.73 Å². The molecule has 0 aliphatic heterocycles. The molecule has 2 aromatic rings. The molecule has 9 heteroatoms. The van der Waals surface area contributed by atoms with Gasteiger partial charge in [-0.25, -0.2) is 14.4 Å². The number of hydrogen-bond acceptors (Lipinski definition) is 5. The molecule has 0 amide bonds. The summed E-state index contributed by atoms with van der Waals surface area (Å²) in [5, 5.41) is 0. The number of alkyl halides is 3. The minimum atomic E-state index is -4.88. The third-order valence-corrected chi connectivity index (χ3v) is 3.52. The monoisotopic (exact) mass is 379 g/mol. The van der Waals surface area contributed by atoms with Gasteiger partial charge in [0.1, 0.15) is 17.5 Å². The van der Waals surface area contributed by atoms with E-state index < -0.39 is 23.1 Å². The van der Waals surface area contributed by atoms with Crippen molar-refractivity contribution < 1.29 is 17.6 Å². The Labute approximate surface area is 152 Å². The Balaban J connectivity index is 2.79. The number of aliphatic imine (C=N–C) groups is 1. The van der Waals surface area contributed by atoms with Gasteiger partial charge in [-0.2, -0.15) is 13.2 Å². The van der Waals surface area contributed by atoms with Crippen LogP contribution in [0.25, 0.3) is 5.57 Å². The Morgan fingerprint density at radius 1 is 1.15 bits per heavy atom. The van der Waals surface area contributed by atoms with Crippen LogP contribution < -0.4 is 17.2 Å². The minimum Gasteiger partial charge on any atom is -0.402 e. The topological polar surface area (TPSA) is 103 Å². The zero-order valence-corrected chi connectivity index (χ0v) is 14.3. The van der Waals surface area contributed by atoms with Gasteiger partial charge in [-0.3, -0.25) is 0 Å². The molecule has 0 saturated heterocycles. The highest BCUT2D eigenvalue weighted by Crippen LogP contribution is 2.34. The lowest BCUT2D eigenvalue weighted by atomic mass is 9.93. The lowest BCUT2D eigenvalue weighted by Crippen LogP contribution is -2.17. The van der Waals surface area contributed by atoms with Crippen molar-refractivity contribution >= 4 is 17.1 Å². The number of aromatic nitrogens is 1. The lowest BCUT2D eigenvalue weighted by Gasteiger charge is -2.17. The predicted molar refractivity (Wildman–Crippen MR) is 96.7 cm³/mol. The molecule has 0 aliphatic rings. The summed E-state index contributed by atoms with van der Waals surface area (Å²) in [6.07, 6.45) is -3.53. The molecule has 0 spiro atoms. The van der Waals surface area contributed by atoms with Gasteiger partial charge in [-0.05, 0) is 31.2 Å². The van der Waals surface area contributed by atoms with E-state index in [1.165, 1.54) is 25.3 Å². The number of anilines is 1. The summed E-state index contributed by atoms with van der Waals surface area (Å²) >= 11 is 0. The van der Waals surface area contributed by atoms with Crippen LogP contribution in [0.4, 0.5) is 23.4 Å². The van der Waals surface area contributed by atoms with Crippen LogP contribution in [0.2, 0.25) is 0 Å². The van der Waals surface area contributed by atoms with E-state index >= 15 is 0 Å². The molecule has 5 nitrogen and oxygen atoms in total. The maximum Gasteiger partial charge on any atom is 0.419 e. The molecule has 0 aliphatic carbocycles. The second-order valence-electron chi connectivity index (χ2n) is 5.65. The van der Waals surface area contributed by atoms with E-state index in [4.69, 9.17) is 17.2 Å². The van der Waals surface area contributed by atoms with E-state index in [9.17, 15) is 17.6 Å². The van der Waals surface area contributed by atoms with Crippen molar-refractivity contribution in [2.45, 2.75) is 13.1 Å². The highest BCUT2D eigenvalue weighted by Gasteiger charge is 2.35. The van der Waals surface area contributed by atoms with Crippen molar-refractivity contribution in [2.24, 2.45) is 16.5 Å². The van der Waals surface area contributed by atoms with Crippen LogP contribution >= 0.6 is 0 Å². The van der Waals surface area contributed by atoms with Gasteiger partial charge < -0.3 is 17.2 Å². The Bertz CT molecular complexity index is 924.